The number of fused-ring (bicyclic) bond motifs is 1. The number of aromatic amines is 2. The van der Waals surface area contributed by atoms with Gasteiger partial charge in [0.15, 0.2) is 0 Å². The third-order valence-electron chi connectivity index (χ3n) is 3.56. The van der Waals surface area contributed by atoms with Gasteiger partial charge in [-0.1, -0.05) is 18.1 Å². The average Bonchev–Trinajstić information content (AvgIpc) is 2.99. The van der Waals surface area contributed by atoms with Crippen LogP contribution in [0.1, 0.15) is 10.4 Å². The van der Waals surface area contributed by atoms with E-state index >= 15 is 0 Å². The molecular formula is C17H14N4O4S. The van der Waals surface area contributed by atoms with Crippen LogP contribution in [0, 0.1) is 12.3 Å². The van der Waals surface area contributed by atoms with E-state index in [1.807, 2.05) is 0 Å². The lowest BCUT2D eigenvalue weighted by Crippen LogP contribution is -2.25. The molecule has 3 rings (SSSR count). The van der Waals surface area contributed by atoms with E-state index in [1.54, 1.807) is 12.1 Å². The van der Waals surface area contributed by atoms with Crippen LogP contribution >= 0.6 is 0 Å². The van der Waals surface area contributed by atoms with Gasteiger partial charge in [0, 0.05) is 0 Å². The summed E-state index contributed by atoms with van der Waals surface area (Å²) in [6.45, 7) is 0.0252. The molecule has 0 bridgehead atoms. The van der Waals surface area contributed by atoms with Crippen LogP contribution in [-0.4, -0.2) is 30.8 Å². The van der Waals surface area contributed by atoms with E-state index in [0.29, 0.717) is 11.0 Å². The predicted octanol–water partition coefficient (Wildman–Crippen LogP) is 1.02. The van der Waals surface area contributed by atoms with Crippen LogP contribution in [0.25, 0.3) is 11.0 Å². The van der Waals surface area contributed by atoms with Crippen molar-refractivity contribution in [1.82, 2.24) is 15.3 Å². The number of hydrogen-bond acceptors (Lipinski definition) is 4. The Morgan fingerprint density at radius 3 is 2.62 bits per heavy atom. The second kappa shape index (κ2) is 6.78. The molecule has 1 amide bonds. The zero-order chi connectivity index (χ0) is 18.7. The maximum atomic E-state index is 12.7. The highest BCUT2D eigenvalue weighted by Crippen LogP contribution is 2.21. The topological polar surface area (TPSA) is 124 Å². The SMILES string of the molecule is C#CCNC(=O)c1ccccc1NS(=O)(=O)c1ccc2[nH]c(=O)[nH]c2c1. The summed E-state index contributed by atoms with van der Waals surface area (Å²) < 4.78 is 27.7. The third-order valence-corrected chi connectivity index (χ3v) is 4.93. The maximum Gasteiger partial charge on any atom is 0.323 e. The van der Waals surface area contributed by atoms with Crippen molar-refractivity contribution >= 4 is 32.7 Å². The highest BCUT2D eigenvalue weighted by atomic mass is 32.2. The number of hydrogen-bond donors (Lipinski definition) is 4. The van der Waals surface area contributed by atoms with Gasteiger partial charge in [-0.2, -0.15) is 0 Å². The molecule has 2 aromatic carbocycles. The number of carbonyl (C=O) groups excluding carboxylic acids is 1. The van der Waals surface area contributed by atoms with Gasteiger partial charge < -0.3 is 15.3 Å². The van der Waals surface area contributed by atoms with Gasteiger partial charge in [0.05, 0.1) is 33.7 Å². The number of imidazole rings is 1. The van der Waals surface area contributed by atoms with Crippen molar-refractivity contribution in [3.8, 4) is 12.3 Å². The van der Waals surface area contributed by atoms with Gasteiger partial charge in [0.25, 0.3) is 15.9 Å². The second-order valence-electron chi connectivity index (χ2n) is 5.32. The summed E-state index contributed by atoms with van der Waals surface area (Å²) in [5.41, 5.74) is 0.672. The number of aromatic nitrogens is 2. The van der Waals surface area contributed by atoms with E-state index in [-0.39, 0.29) is 22.7 Å². The second-order valence-corrected chi connectivity index (χ2v) is 7.01. The van der Waals surface area contributed by atoms with E-state index in [9.17, 15) is 18.0 Å². The Morgan fingerprint density at radius 1 is 1.12 bits per heavy atom. The molecule has 0 saturated carbocycles. The summed E-state index contributed by atoms with van der Waals surface area (Å²) >= 11 is 0. The number of H-pyrrole nitrogens is 2. The maximum absolute atomic E-state index is 12.7. The number of rotatable bonds is 5. The highest BCUT2D eigenvalue weighted by Gasteiger charge is 2.19. The standard InChI is InChI=1S/C17H14N4O4S/c1-2-9-18-16(22)12-5-3-4-6-13(12)21-26(24,25)11-7-8-14-15(10-11)20-17(23)19-14/h1,3-8,10,21H,9H2,(H,18,22)(H2,19,20,23). The molecule has 1 aromatic heterocycles. The van der Waals surface area contributed by atoms with E-state index in [4.69, 9.17) is 6.42 Å². The van der Waals surface area contributed by atoms with Gasteiger partial charge in [0.2, 0.25) is 0 Å². The van der Waals surface area contributed by atoms with E-state index in [2.05, 4.69) is 25.9 Å². The molecule has 0 aliphatic rings. The monoisotopic (exact) mass is 370 g/mol. The third kappa shape index (κ3) is 3.45. The molecule has 0 aliphatic heterocycles. The molecule has 132 valence electrons. The van der Waals surface area contributed by atoms with Crippen LogP contribution in [0.2, 0.25) is 0 Å². The predicted molar refractivity (Wildman–Crippen MR) is 97.3 cm³/mol. The molecule has 0 atom stereocenters. The minimum Gasteiger partial charge on any atom is -0.341 e. The summed E-state index contributed by atoms with van der Waals surface area (Å²) in [5.74, 6) is 1.78. The van der Waals surface area contributed by atoms with Crippen LogP contribution in [0.15, 0.2) is 52.2 Å². The molecule has 0 fully saturated rings. The Hall–Kier alpha value is -3.51. The van der Waals surface area contributed by atoms with Crippen molar-refractivity contribution in [1.29, 1.82) is 0 Å². The fourth-order valence-corrected chi connectivity index (χ4v) is 3.48. The van der Waals surface area contributed by atoms with Crippen molar-refractivity contribution in [3.63, 3.8) is 0 Å². The first-order valence-corrected chi connectivity index (χ1v) is 8.94. The minimum atomic E-state index is -3.98. The normalized spacial score (nSPS) is 11.0. The smallest absolute Gasteiger partial charge is 0.323 e. The summed E-state index contributed by atoms with van der Waals surface area (Å²) in [6.07, 6.45) is 5.11. The van der Waals surface area contributed by atoms with E-state index in [1.165, 1.54) is 30.3 Å². The molecule has 3 aromatic rings. The van der Waals surface area contributed by atoms with Crippen molar-refractivity contribution < 1.29 is 13.2 Å². The average molecular weight is 370 g/mol. The first-order chi connectivity index (χ1) is 12.4. The zero-order valence-electron chi connectivity index (χ0n) is 13.4. The molecule has 0 aliphatic carbocycles. The van der Waals surface area contributed by atoms with Gasteiger partial charge in [-0.05, 0) is 30.3 Å². The Morgan fingerprint density at radius 2 is 1.85 bits per heavy atom. The van der Waals surface area contributed by atoms with Gasteiger partial charge in [0.1, 0.15) is 0 Å². The molecule has 4 N–H and O–H groups in total. The van der Waals surface area contributed by atoms with Gasteiger partial charge in [-0.15, -0.1) is 6.42 Å². The van der Waals surface area contributed by atoms with Gasteiger partial charge >= 0.3 is 5.69 Å². The molecule has 9 heteroatoms. The van der Waals surface area contributed by atoms with Crippen molar-refractivity contribution in [2.45, 2.75) is 4.90 Å². The summed E-state index contributed by atoms with van der Waals surface area (Å²) in [6, 6.07) is 10.3. The lowest BCUT2D eigenvalue weighted by atomic mass is 10.2. The fraction of sp³-hybridized carbons (Fsp3) is 0.0588. The van der Waals surface area contributed by atoms with Crippen molar-refractivity contribution in [2.75, 3.05) is 11.3 Å². The number of para-hydroxylation sites is 1. The fourth-order valence-electron chi connectivity index (χ4n) is 2.38. The summed E-state index contributed by atoms with van der Waals surface area (Å²) in [5, 5.41) is 2.49. The first kappa shape index (κ1) is 17.3. The zero-order valence-corrected chi connectivity index (χ0v) is 14.2. The highest BCUT2D eigenvalue weighted by molar-refractivity contribution is 7.92. The minimum absolute atomic E-state index is 0.0252. The van der Waals surface area contributed by atoms with Crippen LogP contribution in [0.3, 0.4) is 0 Å². The molecule has 8 nitrogen and oxygen atoms in total. The molecule has 0 radical (unpaired) electrons. The summed E-state index contributed by atoms with van der Waals surface area (Å²) in [4.78, 5) is 28.4. The van der Waals surface area contributed by atoms with Gasteiger partial charge in [-0.3, -0.25) is 9.52 Å². The van der Waals surface area contributed by atoms with Crippen LogP contribution < -0.4 is 15.7 Å². The largest absolute Gasteiger partial charge is 0.341 e. The number of sulfonamides is 1. The van der Waals surface area contributed by atoms with E-state index < -0.39 is 21.6 Å². The van der Waals surface area contributed by atoms with Crippen molar-refractivity contribution in [3.05, 3.63) is 58.5 Å². The van der Waals surface area contributed by atoms with Crippen molar-refractivity contribution in [2.24, 2.45) is 0 Å². The molecule has 26 heavy (non-hydrogen) atoms. The lowest BCUT2D eigenvalue weighted by molar-refractivity contribution is 0.0959. The van der Waals surface area contributed by atoms with Gasteiger partial charge in [-0.25, -0.2) is 13.2 Å². The molecule has 0 spiro atoms. The van der Waals surface area contributed by atoms with Crippen LogP contribution in [-0.2, 0) is 10.0 Å². The number of amides is 1. The number of anilines is 1. The lowest BCUT2D eigenvalue weighted by Gasteiger charge is -2.12. The number of terminal acetylenes is 1. The Balaban J connectivity index is 1.95. The quantitative estimate of drug-likeness (QED) is 0.501. The Bertz CT molecular complexity index is 1190. The Labute approximate surface area is 148 Å². The Kier molecular flexibility index (Phi) is 4.51. The van der Waals surface area contributed by atoms with E-state index in [0.717, 1.165) is 0 Å². The van der Waals surface area contributed by atoms with Crippen LogP contribution in [0.5, 0.6) is 0 Å². The number of benzene rings is 2. The molecule has 0 saturated heterocycles. The molecule has 0 unspecified atom stereocenters. The molecular weight excluding hydrogens is 356 g/mol. The van der Waals surface area contributed by atoms with Crippen LogP contribution in [0.4, 0.5) is 5.69 Å². The number of nitrogens with one attached hydrogen (secondary N) is 4. The first-order valence-electron chi connectivity index (χ1n) is 7.46. The molecule has 1 heterocycles. The number of carbonyl (C=O) groups is 1. The summed E-state index contributed by atoms with van der Waals surface area (Å²) in [7, 11) is -3.98.